The normalized spacial score (nSPS) is 16.4. The van der Waals surface area contributed by atoms with Crippen molar-refractivity contribution in [1.29, 1.82) is 0 Å². The molecule has 1 aliphatic heterocycles. The first-order valence-corrected chi connectivity index (χ1v) is 11.8. The Morgan fingerprint density at radius 3 is 2.32 bits per heavy atom. The molecule has 0 spiro atoms. The molecule has 5 nitrogen and oxygen atoms in total. The Morgan fingerprint density at radius 1 is 1.06 bits per heavy atom. The lowest BCUT2D eigenvalue weighted by Gasteiger charge is -2.30. The Hall–Kier alpha value is -2.80. The van der Waals surface area contributed by atoms with Gasteiger partial charge in [-0.25, -0.2) is 8.78 Å². The first-order valence-electron chi connectivity index (χ1n) is 11.8. The van der Waals surface area contributed by atoms with Gasteiger partial charge in [0.1, 0.15) is 17.2 Å². The topological polar surface area (TPSA) is 49.9 Å². The summed E-state index contributed by atoms with van der Waals surface area (Å²) in [6, 6.07) is 10.8. The molecule has 3 rings (SSSR count). The van der Waals surface area contributed by atoms with Gasteiger partial charge >= 0.3 is 5.97 Å². The molecule has 1 atom stereocenters. The van der Waals surface area contributed by atoms with Crippen LogP contribution in [-0.4, -0.2) is 48.1 Å². The van der Waals surface area contributed by atoms with Crippen molar-refractivity contribution in [2.75, 3.05) is 24.5 Å². The minimum absolute atomic E-state index is 0.00801. The first-order chi connectivity index (χ1) is 15.9. The van der Waals surface area contributed by atoms with Gasteiger partial charge in [0.2, 0.25) is 5.91 Å². The average molecular weight is 473 g/mol. The van der Waals surface area contributed by atoms with E-state index in [2.05, 4.69) is 0 Å². The van der Waals surface area contributed by atoms with E-state index >= 15 is 0 Å². The van der Waals surface area contributed by atoms with Gasteiger partial charge in [-0.05, 0) is 82.9 Å². The smallest absolute Gasteiger partial charge is 0.320 e. The Labute approximate surface area is 200 Å². The number of hydrogen-bond acceptors (Lipinski definition) is 4. The number of nitrogens with zero attached hydrogens (tertiary/aromatic N) is 2. The molecule has 0 aromatic heterocycles. The molecule has 184 valence electrons. The predicted molar refractivity (Wildman–Crippen MR) is 129 cm³/mol. The van der Waals surface area contributed by atoms with Gasteiger partial charge in [-0.2, -0.15) is 0 Å². The standard InChI is InChI=1S/C27H34F2N2O3/c1-18(2)30(17-26(33)34-27(3,4)5)16-25(32)31-14-6-7-22(19-8-10-20(28)11-9-19)23-13-12-21(29)15-24(23)31/h8-13,15,18,22H,6-7,14,16-17H2,1-5H3. The third kappa shape index (κ3) is 6.63. The number of hydrogen-bond donors (Lipinski definition) is 0. The molecule has 0 saturated heterocycles. The molecular formula is C27H34F2N2O3. The summed E-state index contributed by atoms with van der Waals surface area (Å²) < 4.78 is 33.2. The monoisotopic (exact) mass is 472 g/mol. The summed E-state index contributed by atoms with van der Waals surface area (Å²) in [5.41, 5.74) is 1.68. The molecule has 1 heterocycles. The molecule has 0 aliphatic carbocycles. The number of esters is 1. The third-order valence-electron chi connectivity index (χ3n) is 5.93. The maximum atomic E-state index is 14.3. The lowest BCUT2D eigenvalue weighted by atomic mass is 9.87. The van der Waals surface area contributed by atoms with E-state index in [4.69, 9.17) is 4.74 Å². The summed E-state index contributed by atoms with van der Waals surface area (Å²) >= 11 is 0. The Balaban J connectivity index is 1.86. The predicted octanol–water partition coefficient (Wildman–Crippen LogP) is 5.28. The number of anilines is 1. The number of rotatable bonds is 6. The van der Waals surface area contributed by atoms with Gasteiger partial charge in [0.25, 0.3) is 0 Å². The molecule has 0 bridgehead atoms. The summed E-state index contributed by atoms with van der Waals surface area (Å²) in [4.78, 5) is 29.2. The van der Waals surface area contributed by atoms with Crippen molar-refractivity contribution >= 4 is 17.6 Å². The largest absolute Gasteiger partial charge is 0.459 e. The fraction of sp³-hybridized carbons (Fsp3) is 0.481. The summed E-state index contributed by atoms with van der Waals surface area (Å²) in [7, 11) is 0. The lowest BCUT2D eigenvalue weighted by Crippen LogP contribution is -2.46. The second-order valence-electron chi connectivity index (χ2n) is 10.1. The van der Waals surface area contributed by atoms with Crippen LogP contribution < -0.4 is 4.90 Å². The van der Waals surface area contributed by atoms with Gasteiger partial charge in [-0.3, -0.25) is 14.5 Å². The van der Waals surface area contributed by atoms with Gasteiger partial charge in [0.05, 0.1) is 18.8 Å². The number of amides is 1. The minimum atomic E-state index is -0.611. The molecule has 34 heavy (non-hydrogen) atoms. The maximum absolute atomic E-state index is 14.3. The van der Waals surface area contributed by atoms with Crippen molar-refractivity contribution in [3.05, 3.63) is 65.2 Å². The van der Waals surface area contributed by atoms with Crippen LogP contribution in [0.2, 0.25) is 0 Å². The Kier molecular flexibility index (Phi) is 8.08. The van der Waals surface area contributed by atoms with Crippen LogP contribution in [0, 0.1) is 11.6 Å². The van der Waals surface area contributed by atoms with Crippen LogP contribution in [0.4, 0.5) is 14.5 Å². The molecule has 0 radical (unpaired) electrons. The summed E-state index contributed by atoms with van der Waals surface area (Å²) in [6.07, 6.45) is 1.46. The lowest BCUT2D eigenvalue weighted by molar-refractivity contribution is -0.156. The van der Waals surface area contributed by atoms with Crippen molar-refractivity contribution in [3.8, 4) is 0 Å². The van der Waals surface area contributed by atoms with Crippen LogP contribution in [0.3, 0.4) is 0 Å². The molecular weight excluding hydrogens is 438 g/mol. The van der Waals surface area contributed by atoms with Crippen molar-refractivity contribution < 1.29 is 23.1 Å². The number of fused-ring (bicyclic) bond motifs is 1. The Morgan fingerprint density at radius 2 is 1.71 bits per heavy atom. The molecule has 7 heteroatoms. The van der Waals surface area contributed by atoms with E-state index < -0.39 is 17.4 Å². The zero-order valence-corrected chi connectivity index (χ0v) is 20.6. The zero-order valence-electron chi connectivity index (χ0n) is 20.6. The van der Waals surface area contributed by atoms with Crippen LogP contribution in [0.5, 0.6) is 0 Å². The summed E-state index contributed by atoms with van der Waals surface area (Å²) in [5, 5.41) is 0. The minimum Gasteiger partial charge on any atom is -0.459 e. The van der Waals surface area contributed by atoms with E-state index in [0.29, 0.717) is 18.7 Å². The van der Waals surface area contributed by atoms with E-state index in [1.807, 2.05) is 13.8 Å². The van der Waals surface area contributed by atoms with E-state index in [1.54, 1.807) is 48.8 Å². The second kappa shape index (κ2) is 10.6. The second-order valence-corrected chi connectivity index (χ2v) is 10.1. The van der Waals surface area contributed by atoms with Crippen LogP contribution in [0.25, 0.3) is 0 Å². The van der Waals surface area contributed by atoms with Crippen molar-refractivity contribution in [2.45, 2.75) is 65.0 Å². The van der Waals surface area contributed by atoms with Gasteiger partial charge in [0.15, 0.2) is 0 Å². The van der Waals surface area contributed by atoms with Crippen molar-refractivity contribution in [1.82, 2.24) is 4.90 Å². The molecule has 0 saturated carbocycles. The van der Waals surface area contributed by atoms with Crippen molar-refractivity contribution in [3.63, 3.8) is 0 Å². The molecule has 0 N–H and O–H groups in total. The molecule has 2 aromatic carbocycles. The van der Waals surface area contributed by atoms with Crippen LogP contribution in [-0.2, 0) is 14.3 Å². The van der Waals surface area contributed by atoms with Crippen LogP contribution in [0.15, 0.2) is 42.5 Å². The number of ether oxygens (including phenoxy) is 1. The third-order valence-corrected chi connectivity index (χ3v) is 5.93. The van der Waals surface area contributed by atoms with Gasteiger partial charge < -0.3 is 9.64 Å². The van der Waals surface area contributed by atoms with E-state index in [9.17, 15) is 18.4 Å². The van der Waals surface area contributed by atoms with Gasteiger partial charge in [-0.15, -0.1) is 0 Å². The summed E-state index contributed by atoms with van der Waals surface area (Å²) in [5.74, 6) is -1.41. The molecule has 1 aliphatic rings. The van der Waals surface area contributed by atoms with Crippen LogP contribution in [0.1, 0.15) is 64.5 Å². The van der Waals surface area contributed by atoms with Gasteiger partial charge in [0, 0.05) is 18.5 Å². The number of halogens is 2. The van der Waals surface area contributed by atoms with Crippen LogP contribution >= 0.6 is 0 Å². The summed E-state index contributed by atoms with van der Waals surface area (Å²) in [6.45, 7) is 9.67. The first kappa shape index (κ1) is 25.8. The fourth-order valence-electron chi connectivity index (χ4n) is 4.29. The molecule has 1 unspecified atom stereocenters. The highest BCUT2D eigenvalue weighted by Crippen LogP contribution is 2.39. The Bertz CT molecular complexity index is 1020. The highest BCUT2D eigenvalue weighted by Gasteiger charge is 2.30. The highest BCUT2D eigenvalue weighted by molar-refractivity contribution is 5.96. The van der Waals surface area contributed by atoms with Gasteiger partial charge in [-0.1, -0.05) is 18.2 Å². The molecule has 0 fully saturated rings. The van der Waals surface area contributed by atoms with Crippen molar-refractivity contribution in [2.24, 2.45) is 0 Å². The highest BCUT2D eigenvalue weighted by atomic mass is 19.1. The SMILES string of the molecule is CC(C)N(CC(=O)OC(C)(C)C)CC(=O)N1CCCC(c2ccc(F)cc2)c2ccc(F)cc21. The van der Waals surface area contributed by atoms with E-state index in [0.717, 1.165) is 17.5 Å². The average Bonchev–Trinajstić information content (AvgIpc) is 2.91. The maximum Gasteiger partial charge on any atom is 0.320 e. The zero-order chi connectivity index (χ0) is 25.0. The fourth-order valence-corrected chi connectivity index (χ4v) is 4.29. The van der Waals surface area contributed by atoms with E-state index in [1.165, 1.54) is 24.3 Å². The number of carbonyl (C=O) groups is 2. The number of carbonyl (C=O) groups excluding carboxylic acids is 2. The molecule has 2 aromatic rings. The number of benzene rings is 2. The van der Waals surface area contributed by atoms with E-state index in [-0.39, 0.29) is 36.8 Å². The quantitative estimate of drug-likeness (QED) is 0.537. The molecule has 1 amide bonds.